The molecule has 4 heteroatoms. The van der Waals surface area contributed by atoms with Gasteiger partial charge in [-0.25, -0.2) is 0 Å². The second-order valence-corrected chi connectivity index (χ2v) is 6.06. The number of rotatable bonds is 5. The molecule has 1 aliphatic carbocycles. The predicted molar refractivity (Wildman–Crippen MR) is 72.7 cm³/mol. The Kier molecular flexibility index (Phi) is 5.42. The molecule has 1 saturated heterocycles. The van der Waals surface area contributed by atoms with Crippen LogP contribution in [0.5, 0.6) is 0 Å². The van der Waals surface area contributed by atoms with Gasteiger partial charge in [-0.05, 0) is 18.8 Å². The van der Waals surface area contributed by atoms with Crippen LogP contribution in [0.2, 0.25) is 0 Å². The molecule has 2 rings (SSSR count). The molecule has 1 heterocycles. The van der Waals surface area contributed by atoms with Crippen LogP contribution in [0.1, 0.15) is 32.6 Å². The van der Waals surface area contributed by atoms with Crippen molar-refractivity contribution in [1.29, 1.82) is 0 Å². The highest BCUT2D eigenvalue weighted by Crippen LogP contribution is 2.31. The topological polar surface area (TPSA) is 44.7 Å². The summed E-state index contributed by atoms with van der Waals surface area (Å²) in [6.45, 7) is 8.85. The van der Waals surface area contributed by atoms with Crippen molar-refractivity contribution in [3.63, 3.8) is 0 Å². The van der Waals surface area contributed by atoms with Crippen molar-refractivity contribution < 1.29 is 9.84 Å². The van der Waals surface area contributed by atoms with Crippen LogP contribution >= 0.6 is 0 Å². The smallest absolute Gasteiger partial charge is 0.0774 e. The zero-order chi connectivity index (χ0) is 12.8. The molecule has 4 nitrogen and oxygen atoms in total. The van der Waals surface area contributed by atoms with Gasteiger partial charge in [-0.15, -0.1) is 0 Å². The Labute approximate surface area is 111 Å². The minimum Gasteiger partial charge on any atom is -0.389 e. The first kappa shape index (κ1) is 14.3. The first-order valence-electron chi connectivity index (χ1n) is 7.41. The van der Waals surface area contributed by atoms with Crippen molar-refractivity contribution in [2.75, 3.05) is 45.9 Å². The molecule has 0 bridgehead atoms. The first-order valence-corrected chi connectivity index (χ1v) is 7.41. The third-order valence-electron chi connectivity index (χ3n) is 4.23. The van der Waals surface area contributed by atoms with E-state index in [1.54, 1.807) is 0 Å². The van der Waals surface area contributed by atoms with Crippen molar-refractivity contribution in [2.45, 2.75) is 38.2 Å². The van der Waals surface area contributed by atoms with Gasteiger partial charge in [0.15, 0.2) is 0 Å². The third-order valence-corrected chi connectivity index (χ3v) is 4.23. The van der Waals surface area contributed by atoms with Crippen LogP contribution in [0, 0.1) is 5.92 Å². The van der Waals surface area contributed by atoms with Crippen molar-refractivity contribution in [3.05, 3.63) is 0 Å². The number of hydrogen-bond donors (Lipinski definition) is 2. The van der Waals surface area contributed by atoms with E-state index in [9.17, 15) is 5.11 Å². The normalized spacial score (nSPS) is 34.7. The molecule has 0 amide bonds. The Bertz CT molecular complexity index is 244. The molecule has 2 fully saturated rings. The molecular weight excluding hydrogens is 228 g/mol. The maximum absolute atomic E-state index is 10.5. The van der Waals surface area contributed by atoms with Gasteiger partial charge in [-0.1, -0.05) is 19.8 Å². The lowest BCUT2D eigenvalue weighted by Crippen LogP contribution is -2.46. The largest absolute Gasteiger partial charge is 0.389 e. The second-order valence-electron chi connectivity index (χ2n) is 6.06. The molecule has 18 heavy (non-hydrogen) atoms. The summed E-state index contributed by atoms with van der Waals surface area (Å²) >= 11 is 0. The molecule has 0 radical (unpaired) electrons. The fourth-order valence-corrected chi connectivity index (χ4v) is 3.18. The van der Waals surface area contributed by atoms with E-state index in [2.05, 4.69) is 17.1 Å². The number of nitrogens with zero attached hydrogens (tertiary/aromatic N) is 1. The van der Waals surface area contributed by atoms with Gasteiger partial charge < -0.3 is 15.2 Å². The zero-order valence-corrected chi connectivity index (χ0v) is 11.7. The fraction of sp³-hybridized carbons (Fsp3) is 1.00. The molecule has 0 aromatic heterocycles. The minimum atomic E-state index is -0.456. The van der Waals surface area contributed by atoms with E-state index in [0.29, 0.717) is 5.92 Å². The summed E-state index contributed by atoms with van der Waals surface area (Å²) in [5.74, 6) is 0.671. The van der Waals surface area contributed by atoms with Crippen LogP contribution in [0.4, 0.5) is 0 Å². The maximum Gasteiger partial charge on any atom is 0.0774 e. The molecule has 2 aliphatic rings. The van der Waals surface area contributed by atoms with Crippen molar-refractivity contribution >= 4 is 0 Å². The van der Waals surface area contributed by atoms with E-state index in [1.165, 1.54) is 12.8 Å². The second kappa shape index (κ2) is 6.85. The fourth-order valence-electron chi connectivity index (χ4n) is 3.18. The first-order chi connectivity index (χ1) is 8.68. The van der Waals surface area contributed by atoms with Crippen LogP contribution in [-0.2, 0) is 4.74 Å². The quantitative estimate of drug-likeness (QED) is 0.716. The van der Waals surface area contributed by atoms with E-state index in [-0.39, 0.29) is 0 Å². The molecule has 1 saturated carbocycles. The molecule has 2 unspecified atom stereocenters. The summed E-state index contributed by atoms with van der Waals surface area (Å²) in [5, 5.41) is 13.9. The Morgan fingerprint density at radius 1 is 1.39 bits per heavy atom. The molecule has 1 aliphatic heterocycles. The Hall–Kier alpha value is -0.160. The van der Waals surface area contributed by atoms with Crippen LogP contribution < -0.4 is 5.32 Å². The van der Waals surface area contributed by atoms with Gasteiger partial charge in [-0.2, -0.15) is 0 Å². The highest BCUT2D eigenvalue weighted by Gasteiger charge is 2.31. The lowest BCUT2D eigenvalue weighted by molar-refractivity contribution is -0.0127. The van der Waals surface area contributed by atoms with Gasteiger partial charge in [0.2, 0.25) is 0 Å². The summed E-state index contributed by atoms with van der Waals surface area (Å²) in [4.78, 5) is 2.42. The van der Waals surface area contributed by atoms with E-state index >= 15 is 0 Å². The summed E-state index contributed by atoms with van der Waals surface area (Å²) in [6.07, 6.45) is 4.36. The molecule has 0 spiro atoms. The van der Waals surface area contributed by atoms with Crippen molar-refractivity contribution in [2.24, 2.45) is 5.92 Å². The van der Waals surface area contributed by atoms with Crippen LogP contribution in [0.15, 0.2) is 0 Å². The maximum atomic E-state index is 10.5. The zero-order valence-electron chi connectivity index (χ0n) is 11.7. The van der Waals surface area contributed by atoms with Crippen LogP contribution in [0.25, 0.3) is 0 Å². The van der Waals surface area contributed by atoms with Crippen molar-refractivity contribution in [3.8, 4) is 0 Å². The average molecular weight is 256 g/mol. The van der Waals surface area contributed by atoms with E-state index in [1.807, 2.05) is 0 Å². The molecule has 0 aromatic carbocycles. The summed E-state index contributed by atoms with van der Waals surface area (Å²) < 4.78 is 5.33. The Balaban J connectivity index is 1.59. The number of morpholine rings is 1. The summed E-state index contributed by atoms with van der Waals surface area (Å²) in [6, 6.07) is 0. The number of nitrogens with one attached hydrogen (secondary N) is 1. The van der Waals surface area contributed by atoms with Crippen LogP contribution in [0.3, 0.4) is 0 Å². The standard InChI is InChI=1S/C14H28N2O2/c1-13-3-2-4-14(17,11-13)12-15-5-6-16-7-9-18-10-8-16/h13,15,17H,2-12H2,1H3. The summed E-state index contributed by atoms with van der Waals surface area (Å²) in [7, 11) is 0. The number of hydrogen-bond acceptors (Lipinski definition) is 4. The predicted octanol–water partition coefficient (Wildman–Crippen LogP) is 0.849. The SMILES string of the molecule is CC1CCCC(O)(CNCCN2CCOCC2)C1. The van der Waals surface area contributed by atoms with Gasteiger partial charge in [0.1, 0.15) is 0 Å². The highest BCUT2D eigenvalue weighted by atomic mass is 16.5. The molecule has 106 valence electrons. The van der Waals surface area contributed by atoms with Gasteiger partial charge >= 0.3 is 0 Å². The van der Waals surface area contributed by atoms with E-state index < -0.39 is 5.60 Å². The highest BCUT2D eigenvalue weighted by molar-refractivity contribution is 4.87. The van der Waals surface area contributed by atoms with Gasteiger partial charge in [-0.3, -0.25) is 4.90 Å². The number of aliphatic hydroxyl groups is 1. The third kappa shape index (κ3) is 4.50. The summed E-state index contributed by atoms with van der Waals surface area (Å²) in [5.41, 5.74) is -0.456. The lowest BCUT2D eigenvalue weighted by atomic mass is 9.79. The lowest BCUT2D eigenvalue weighted by Gasteiger charge is -2.36. The molecule has 0 aromatic rings. The monoisotopic (exact) mass is 256 g/mol. The Morgan fingerprint density at radius 2 is 2.17 bits per heavy atom. The van der Waals surface area contributed by atoms with Crippen LogP contribution in [-0.4, -0.2) is 61.5 Å². The molecule has 2 N–H and O–H groups in total. The number of ether oxygens (including phenoxy) is 1. The van der Waals surface area contributed by atoms with E-state index in [0.717, 1.165) is 58.8 Å². The minimum absolute atomic E-state index is 0.456. The van der Waals surface area contributed by atoms with Gasteiger partial charge in [0.05, 0.1) is 18.8 Å². The Morgan fingerprint density at radius 3 is 2.89 bits per heavy atom. The average Bonchev–Trinajstić information content (AvgIpc) is 2.36. The van der Waals surface area contributed by atoms with Crippen molar-refractivity contribution in [1.82, 2.24) is 10.2 Å². The van der Waals surface area contributed by atoms with Gasteiger partial charge in [0, 0.05) is 32.7 Å². The molecular formula is C14H28N2O2. The van der Waals surface area contributed by atoms with E-state index in [4.69, 9.17) is 4.74 Å². The molecule has 2 atom stereocenters. The van der Waals surface area contributed by atoms with Gasteiger partial charge in [0.25, 0.3) is 0 Å².